The summed E-state index contributed by atoms with van der Waals surface area (Å²) in [5, 5.41) is 22.9. The maximum Gasteiger partial charge on any atom is 0.293 e. The number of hydrogen-bond donors (Lipinski definition) is 1. The molecule has 2 aromatic carbocycles. The number of nitro groups is 1. The Balaban J connectivity index is 2.28. The lowest BCUT2D eigenvalue weighted by atomic mass is 10.1. The molecular weight excluding hydrogens is 273 g/mol. The highest BCUT2D eigenvalue weighted by Gasteiger charge is 2.17. The number of nitriles is 1. The minimum atomic E-state index is -0.541. The van der Waals surface area contributed by atoms with Gasteiger partial charge < -0.3 is 5.32 Å². The second-order valence-corrected chi connectivity index (χ2v) is 4.52. The summed E-state index contributed by atoms with van der Waals surface area (Å²) in [6.45, 7) is 1.81. The topological polar surface area (TPSA) is 79.0 Å². The maximum atomic E-state index is 12.9. The molecule has 0 aliphatic rings. The van der Waals surface area contributed by atoms with Gasteiger partial charge in [-0.05, 0) is 36.8 Å². The lowest BCUT2D eigenvalue weighted by Gasteiger charge is -2.15. The number of nitrogens with zero attached hydrogens (tertiary/aromatic N) is 2. The van der Waals surface area contributed by atoms with Crippen molar-refractivity contribution >= 4 is 11.4 Å². The molecule has 0 aliphatic carbocycles. The summed E-state index contributed by atoms with van der Waals surface area (Å²) in [6, 6.07) is 11.7. The molecule has 0 radical (unpaired) electrons. The largest absolute Gasteiger partial charge is 0.373 e. The van der Waals surface area contributed by atoms with Gasteiger partial charge in [-0.25, -0.2) is 4.39 Å². The van der Waals surface area contributed by atoms with E-state index >= 15 is 0 Å². The summed E-state index contributed by atoms with van der Waals surface area (Å²) in [5.41, 5.74) is 1.18. The van der Waals surface area contributed by atoms with Gasteiger partial charge in [0, 0.05) is 12.1 Å². The molecule has 0 saturated heterocycles. The summed E-state index contributed by atoms with van der Waals surface area (Å²) in [4.78, 5) is 10.5. The van der Waals surface area contributed by atoms with Gasteiger partial charge in [0.05, 0.1) is 16.6 Å². The molecule has 1 unspecified atom stereocenters. The first-order chi connectivity index (χ1) is 10.0. The normalized spacial score (nSPS) is 11.5. The number of nitrogens with one attached hydrogen (secondary N) is 1. The Morgan fingerprint density at radius 3 is 2.52 bits per heavy atom. The van der Waals surface area contributed by atoms with E-state index in [9.17, 15) is 14.5 Å². The van der Waals surface area contributed by atoms with Crippen LogP contribution in [-0.4, -0.2) is 4.92 Å². The molecule has 1 atom stereocenters. The van der Waals surface area contributed by atoms with E-state index in [0.29, 0.717) is 5.69 Å². The average molecular weight is 285 g/mol. The molecule has 1 N–H and O–H groups in total. The van der Waals surface area contributed by atoms with Crippen molar-refractivity contribution < 1.29 is 9.31 Å². The van der Waals surface area contributed by atoms with Gasteiger partial charge in [0.15, 0.2) is 0 Å². The maximum absolute atomic E-state index is 12.9. The number of anilines is 1. The predicted octanol–water partition coefficient (Wildman–Crippen LogP) is 3.78. The minimum Gasteiger partial charge on any atom is -0.373 e. The smallest absolute Gasteiger partial charge is 0.293 e. The molecule has 0 saturated carbocycles. The lowest BCUT2D eigenvalue weighted by Crippen LogP contribution is -2.08. The van der Waals surface area contributed by atoms with Crippen LogP contribution in [0, 0.1) is 27.3 Å². The standard InChI is InChI=1S/C15H12FN3O2/c1-10(12-3-5-13(16)6-4-12)18-14-7-2-11(9-17)8-15(14)19(20)21/h2-8,10,18H,1H3. The molecular formula is C15H12FN3O2. The van der Waals surface area contributed by atoms with Gasteiger partial charge in [-0.3, -0.25) is 10.1 Å². The van der Waals surface area contributed by atoms with Crippen molar-refractivity contribution in [3.8, 4) is 6.07 Å². The number of hydrogen-bond acceptors (Lipinski definition) is 4. The van der Waals surface area contributed by atoms with Crippen LogP contribution in [0.3, 0.4) is 0 Å². The van der Waals surface area contributed by atoms with Gasteiger partial charge in [-0.15, -0.1) is 0 Å². The van der Waals surface area contributed by atoms with Crippen LogP contribution in [0.2, 0.25) is 0 Å². The van der Waals surface area contributed by atoms with E-state index in [1.165, 1.54) is 30.3 Å². The molecule has 2 aromatic rings. The molecule has 0 amide bonds. The van der Waals surface area contributed by atoms with E-state index in [1.54, 1.807) is 12.1 Å². The highest BCUT2D eigenvalue weighted by molar-refractivity contribution is 5.64. The third-order valence-corrected chi connectivity index (χ3v) is 3.07. The summed E-state index contributed by atoms with van der Waals surface area (Å²) in [5.74, 6) is -0.338. The van der Waals surface area contributed by atoms with Crippen LogP contribution in [-0.2, 0) is 0 Å². The predicted molar refractivity (Wildman–Crippen MR) is 76.2 cm³/mol. The van der Waals surface area contributed by atoms with Crippen LogP contribution in [0.15, 0.2) is 42.5 Å². The molecule has 0 aliphatic heterocycles. The SMILES string of the molecule is CC(Nc1ccc(C#N)cc1[N+](=O)[O-])c1ccc(F)cc1. The monoisotopic (exact) mass is 285 g/mol. The zero-order valence-electron chi connectivity index (χ0n) is 11.2. The first kappa shape index (κ1) is 14.5. The van der Waals surface area contributed by atoms with Crippen molar-refractivity contribution in [3.63, 3.8) is 0 Å². The third-order valence-electron chi connectivity index (χ3n) is 3.07. The minimum absolute atomic E-state index is 0.164. The fraction of sp³-hybridized carbons (Fsp3) is 0.133. The van der Waals surface area contributed by atoms with Gasteiger partial charge in [-0.2, -0.15) is 5.26 Å². The zero-order valence-corrected chi connectivity index (χ0v) is 11.2. The molecule has 6 heteroatoms. The number of halogens is 1. The van der Waals surface area contributed by atoms with Crippen LogP contribution in [0.1, 0.15) is 24.1 Å². The van der Waals surface area contributed by atoms with Crippen molar-refractivity contribution in [1.29, 1.82) is 5.26 Å². The van der Waals surface area contributed by atoms with Crippen LogP contribution >= 0.6 is 0 Å². The number of benzene rings is 2. The first-order valence-corrected chi connectivity index (χ1v) is 6.22. The summed E-state index contributed by atoms with van der Waals surface area (Å²) < 4.78 is 12.9. The fourth-order valence-electron chi connectivity index (χ4n) is 1.94. The Morgan fingerprint density at radius 1 is 1.29 bits per heavy atom. The second kappa shape index (κ2) is 6.01. The Hall–Kier alpha value is -2.94. The van der Waals surface area contributed by atoms with Crippen molar-refractivity contribution in [2.24, 2.45) is 0 Å². The molecule has 0 fully saturated rings. The average Bonchev–Trinajstić information content (AvgIpc) is 2.48. The fourth-order valence-corrected chi connectivity index (χ4v) is 1.94. The molecule has 2 rings (SSSR count). The highest BCUT2D eigenvalue weighted by Crippen LogP contribution is 2.29. The van der Waals surface area contributed by atoms with Gasteiger partial charge >= 0.3 is 0 Å². The Kier molecular flexibility index (Phi) is 4.14. The van der Waals surface area contributed by atoms with E-state index in [2.05, 4.69) is 5.32 Å². The van der Waals surface area contributed by atoms with E-state index in [-0.39, 0.29) is 23.1 Å². The summed E-state index contributed by atoms with van der Waals surface area (Å²) in [7, 11) is 0. The van der Waals surface area contributed by atoms with Crippen molar-refractivity contribution in [3.05, 3.63) is 69.5 Å². The Bertz CT molecular complexity index is 708. The van der Waals surface area contributed by atoms with E-state index in [0.717, 1.165) is 5.56 Å². The first-order valence-electron chi connectivity index (χ1n) is 6.22. The summed E-state index contributed by atoms with van der Waals surface area (Å²) in [6.07, 6.45) is 0. The number of rotatable bonds is 4. The molecule has 0 heterocycles. The lowest BCUT2D eigenvalue weighted by molar-refractivity contribution is -0.384. The van der Waals surface area contributed by atoms with Crippen molar-refractivity contribution in [2.45, 2.75) is 13.0 Å². The van der Waals surface area contributed by atoms with E-state index in [4.69, 9.17) is 5.26 Å². The van der Waals surface area contributed by atoms with Gasteiger partial charge in [0.1, 0.15) is 11.5 Å². The summed E-state index contributed by atoms with van der Waals surface area (Å²) >= 11 is 0. The molecule has 0 spiro atoms. The van der Waals surface area contributed by atoms with E-state index < -0.39 is 4.92 Å². The molecule has 21 heavy (non-hydrogen) atoms. The van der Waals surface area contributed by atoms with Gasteiger partial charge in [-0.1, -0.05) is 12.1 Å². The van der Waals surface area contributed by atoms with Crippen LogP contribution in [0.5, 0.6) is 0 Å². The van der Waals surface area contributed by atoms with Gasteiger partial charge in [0.25, 0.3) is 5.69 Å². The van der Waals surface area contributed by atoms with Crippen molar-refractivity contribution in [2.75, 3.05) is 5.32 Å². The van der Waals surface area contributed by atoms with Gasteiger partial charge in [0.2, 0.25) is 0 Å². The van der Waals surface area contributed by atoms with Crippen LogP contribution in [0.4, 0.5) is 15.8 Å². The molecule has 106 valence electrons. The Morgan fingerprint density at radius 2 is 1.95 bits per heavy atom. The van der Waals surface area contributed by atoms with Crippen LogP contribution < -0.4 is 5.32 Å². The third kappa shape index (κ3) is 3.34. The number of nitro benzene ring substituents is 1. The quantitative estimate of drug-likeness (QED) is 0.685. The second-order valence-electron chi connectivity index (χ2n) is 4.52. The van der Waals surface area contributed by atoms with Crippen molar-refractivity contribution in [1.82, 2.24) is 0 Å². The van der Waals surface area contributed by atoms with E-state index in [1.807, 2.05) is 13.0 Å². The zero-order chi connectivity index (χ0) is 15.4. The Labute approximate surface area is 120 Å². The molecule has 5 nitrogen and oxygen atoms in total. The molecule has 0 bridgehead atoms. The highest BCUT2D eigenvalue weighted by atomic mass is 19.1. The van der Waals surface area contributed by atoms with Crippen LogP contribution in [0.25, 0.3) is 0 Å². The molecule has 0 aromatic heterocycles.